The van der Waals surface area contributed by atoms with E-state index in [9.17, 15) is 0 Å². The van der Waals surface area contributed by atoms with Gasteiger partial charge in [-0.3, -0.25) is 0 Å². The van der Waals surface area contributed by atoms with Crippen molar-refractivity contribution in [3.8, 4) is 0 Å². The summed E-state index contributed by atoms with van der Waals surface area (Å²) in [7, 11) is 0. The first-order valence-electron chi connectivity index (χ1n) is 4.18. The monoisotopic (exact) mass is 201 g/mol. The van der Waals surface area contributed by atoms with Crippen molar-refractivity contribution in [2.24, 2.45) is 0 Å². The molecule has 0 aromatic carbocycles. The first-order valence-corrected chi connectivity index (χ1v) is 5.12. The van der Waals surface area contributed by atoms with Gasteiger partial charge >= 0.3 is 0 Å². The number of hydrogen-bond donors (Lipinski definition) is 3. The van der Waals surface area contributed by atoms with Gasteiger partial charge in [-0.25, -0.2) is 0 Å². The quantitative estimate of drug-likeness (QED) is 0.653. The summed E-state index contributed by atoms with van der Waals surface area (Å²) in [5.74, 6) is 0. The molecule has 4 heteroatoms. The van der Waals surface area contributed by atoms with Crippen LogP contribution in [0.15, 0.2) is 16.8 Å². The summed E-state index contributed by atoms with van der Waals surface area (Å²) in [4.78, 5) is 0. The molecule has 1 aromatic rings. The van der Waals surface area contributed by atoms with Crippen LogP contribution in [0.5, 0.6) is 0 Å². The van der Waals surface area contributed by atoms with Crippen LogP contribution in [0.1, 0.15) is 12.5 Å². The fraction of sp³-hybridized carbons (Fsp3) is 0.556. The third-order valence-corrected chi connectivity index (χ3v) is 2.73. The zero-order valence-electron chi connectivity index (χ0n) is 7.66. The Labute approximate surface area is 82.0 Å². The van der Waals surface area contributed by atoms with Gasteiger partial charge in [0.25, 0.3) is 0 Å². The smallest absolute Gasteiger partial charge is 0.0633 e. The van der Waals surface area contributed by atoms with E-state index < -0.39 is 5.54 Å². The maximum Gasteiger partial charge on any atom is 0.0633 e. The van der Waals surface area contributed by atoms with Gasteiger partial charge in [-0.1, -0.05) is 0 Å². The number of aliphatic hydroxyl groups excluding tert-OH is 2. The van der Waals surface area contributed by atoms with E-state index in [0.717, 1.165) is 0 Å². The first-order chi connectivity index (χ1) is 6.20. The van der Waals surface area contributed by atoms with Gasteiger partial charge in [-0.15, -0.1) is 0 Å². The SMILES string of the molecule is CC(CO)(CO)NCc1ccsc1. The summed E-state index contributed by atoms with van der Waals surface area (Å²) < 4.78 is 0. The molecule has 3 nitrogen and oxygen atoms in total. The molecule has 13 heavy (non-hydrogen) atoms. The van der Waals surface area contributed by atoms with Gasteiger partial charge in [0.15, 0.2) is 0 Å². The first kappa shape index (κ1) is 10.7. The normalized spacial score (nSPS) is 11.9. The zero-order chi connectivity index (χ0) is 9.73. The van der Waals surface area contributed by atoms with Crippen molar-refractivity contribution in [3.63, 3.8) is 0 Å². The number of rotatable bonds is 5. The molecule has 0 spiro atoms. The topological polar surface area (TPSA) is 52.5 Å². The lowest BCUT2D eigenvalue weighted by Crippen LogP contribution is -2.48. The molecule has 0 bridgehead atoms. The molecule has 0 saturated heterocycles. The molecule has 1 rings (SSSR count). The van der Waals surface area contributed by atoms with E-state index in [2.05, 4.69) is 5.32 Å². The number of nitrogens with one attached hydrogen (secondary N) is 1. The van der Waals surface area contributed by atoms with Crippen LogP contribution >= 0.6 is 11.3 Å². The van der Waals surface area contributed by atoms with Gasteiger partial charge in [-0.2, -0.15) is 11.3 Å². The molecule has 0 aliphatic heterocycles. The number of aliphatic hydroxyl groups is 2. The Morgan fingerprint density at radius 2 is 2.15 bits per heavy atom. The van der Waals surface area contributed by atoms with Gasteiger partial charge in [-0.05, 0) is 29.3 Å². The van der Waals surface area contributed by atoms with Crippen molar-refractivity contribution in [2.45, 2.75) is 19.0 Å². The zero-order valence-corrected chi connectivity index (χ0v) is 8.47. The summed E-state index contributed by atoms with van der Waals surface area (Å²) in [5.41, 5.74) is 0.597. The molecule has 0 fully saturated rings. The third-order valence-electron chi connectivity index (χ3n) is 2.00. The van der Waals surface area contributed by atoms with Crippen LogP contribution in [0.4, 0.5) is 0 Å². The summed E-state index contributed by atoms with van der Waals surface area (Å²) in [6, 6.07) is 2.02. The van der Waals surface area contributed by atoms with Crippen LogP contribution < -0.4 is 5.32 Å². The average molecular weight is 201 g/mol. The van der Waals surface area contributed by atoms with Crippen molar-refractivity contribution in [3.05, 3.63) is 22.4 Å². The molecule has 3 N–H and O–H groups in total. The minimum atomic E-state index is -0.581. The Kier molecular flexibility index (Phi) is 3.87. The minimum absolute atomic E-state index is 0.0619. The highest BCUT2D eigenvalue weighted by Gasteiger charge is 2.20. The molecule has 0 saturated carbocycles. The predicted molar refractivity (Wildman–Crippen MR) is 53.7 cm³/mol. The molecular weight excluding hydrogens is 186 g/mol. The molecular formula is C9H15NO2S. The summed E-state index contributed by atoms with van der Waals surface area (Å²) >= 11 is 1.64. The van der Waals surface area contributed by atoms with Crippen molar-refractivity contribution in [1.29, 1.82) is 0 Å². The largest absolute Gasteiger partial charge is 0.394 e. The van der Waals surface area contributed by atoms with Crippen molar-refractivity contribution in [2.75, 3.05) is 13.2 Å². The van der Waals surface area contributed by atoms with Crippen LogP contribution in [0.25, 0.3) is 0 Å². The van der Waals surface area contributed by atoms with Gasteiger partial charge in [0.1, 0.15) is 0 Å². The van der Waals surface area contributed by atoms with E-state index in [-0.39, 0.29) is 13.2 Å². The third kappa shape index (κ3) is 3.08. The van der Waals surface area contributed by atoms with Crippen LogP contribution in [0, 0.1) is 0 Å². The molecule has 0 atom stereocenters. The molecule has 1 heterocycles. The lowest BCUT2D eigenvalue weighted by molar-refractivity contribution is 0.103. The second kappa shape index (κ2) is 4.72. The Bertz CT molecular complexity index is 232. The Morgan fingerprint density at radius 3 is 2.62 bits per heavy atom. The maximum atomic E-state index is 8.99. The highest BCUT2D eigenvalue weighted by Crippen LogP contribution is 2.08. The summed E-state index contributed by atoms with van der Waals surface area (Å²) in [5, 5.41) is 25.1. The second-order valence-corrected chi connectivity index (χ2v) is 4.14. The van der Waals surface area contributed by atoms with E-state index in [1.54, 1.807) is 18.3 Å². The lowest BCUT2D eigenvalue weighted by Gasteiger charge is -2.25. The van der Waals surface area contributed by atoms with Gasteiger partial charge in [0.2, 0.25) is 0 Å². The fourth-order valence-electron chi connectivity index (χ4n) is 0.870. The average Bonchev–Trinajstić information content (AvgIpc) is 2.67. The molecule has 0 radical (unpaired) electrons. The van der Waals surface area contributed by atoms with E-state index in [1.807, 2.05) is 16.8 Å². The van der Waals surface area contributed by atoms with Crippen LogP contribution in [-0.4, -0.2) is 29.0 Å². The second-order valence-electron chi connectivity index (χ2n) is 3.36. The predicted octanol–water partition coefficient (Wildman–Crippen LogP) is 0.581. The molecule has 74 valence electrons. The Balaban J connectivity index is 2.41. The molecule has 0 unspecified atom stereocenters. The fourth-order valence-corrected chi connectivity index (χ4v) is 1.54. The molecule has 1 aromatic heterocycles. The molecule has 0 aliphatic carbocycles. The van der Waals surface area contributed by atoms with Crippen molar-refractivity contribution < 1.29 is 10.2 Å². The number of hydrogen-bond acceptors (Lipinski definition) is 4. The van der Waals surface area contributed by atoms with Crippen molar-refractivity contribution >= 4 is 11.3 Å². The highest BCUT2D eigenvalue weighted by molar-refractivity contribution is 7.07. The standard InChI is InChI=1S/C9H15NO2S/c1-9(6-11,7-12)10-4-8-2-3-13-5-8/h2-3,5,10-12H,4,6-7H2,1H3. The van der Waals surface area contributed by atoms with E-state index in [4.69, 9.17) is 10.2 Å². The molecule has 0 amide bonds. The summed E-state index contributed by atoms with van der Waals surface area (Å²) in [6.07, 6.45) is 0. The van der Waals surface area contributed by atoms with Crippen LogP contribution in [0.3, 0.4) is 0 Å². The highest BCUT2D eigenvalue weighted by atomic mass is 32.1. The van der Waals surface area contributed by atoms with Crippen molar-refractivity contribution in [1.82, 2.24) is 5.32 Å². The maximum absolute atomic E-state index is 8.99. The van der Waals surface area contributed by atoms with Gasteiger partial charge in [0.05, 0.1) is 18.8 Å². The van der Waals surface area contributed by atoms with E-state index in [0.29, 0.717) is 6.54 Å². The summed E-state index contributed by atoms with van der Waals surface area (Å²) in [6.45, 7) is 2.35. The van der Waals surface area contributed by atoms with Crippen LogP contribution in [0.2, 0.25) is 0 Å². The Hall–Kier alpha value is -0.420. The van der Waals surface area contributed by atoms with Gasteiger partial charge < -0.3 is 15.5 Å². The van der Waals surface area contributed by atoms with Crippen LogP contribution in [-0.2, 0) is 6.54 Å². The van der Waals surface area contributed by atoms with E-state index in [1.165, 1.54) is 5.56 Å². The Morgan fingerprint density at radius 1 is 1.46 bits per heavy atom. The lowest BCUT2D eigenvalue weighted by atomic mass is 10.1. The molecule has 0 aliphatic rings. The minimum Gasteiger partial charge on any atom is -0.394 e. The number of thiophene rings is 1. The van der Waals surface area contributed by atoms with Gasteiger partial charge in [0, 0.05) is 6.54 Å². The van der Waals surface area contributed by atoms with E-state index >= 15 is 0 Å².